The van der Waals surface area contributed by atoms with Gasteiger partial charge in [0.05, 0.1) is 22.9 Å². The van der Waals surface area contributed by atoms with E-state index in [9.17, 15) is 23.7 Å². The lowest BCUT2D eigenvalue weighted by molar-refractivity contribution is -0.384. The van der Waals surface area contributed by atoms with E-state index in [1.807, 2.05) is 32.9 Å². The predicted octanol–water partition coefficient (Wildman–Crippen LogP) is 5.85. The zero-order valence-corrected chi connectivity index (χ0v) is 19.3. The molecule has 2 aromatic carbocycles. The SMILES string of the molecule is Cc1cc(C)c(C)c(Oc2cc(NC(=O)c3cnn4c(C(F)F)cc(C)nc34)cc([N+](=O)[O-])c2)c1. The van der Waals surface area contributed by atoms with Crippen LogP contribution in [0, 0.1) is 37.8 Å². The van der Waals surface area contributed by atoms with E-state index >= 15 is 0 Å². The maximum atomic E-state index is 13.4. The number of alkyl halides is 2. The molecule has 0 atom stereocenters. The Labute approximate surface area is 198 Å². The summed E-state index contributed by atoms with van der Waals surface area (Å²) in [5, 5.41) is 17.9. The topological polar surface area (TPSA) is 112 Å². The van der Waals surface area contributed by atoms with Gasteiger partial charge in [-0.3, -0.25) is 14.9 Å². The molecule has 2 aromatic heterocycles. The number of nitro groups is 1. The average Bonchev–Trinajstić information content (AvgIpc) is 3.20. The minimum absolute atomic E-state index is 0.0504. The fourth-order valence-corrected chi connectivity index (χ4v) is 3.68. The molecule has 1 N–H and O–H groups in total. The van der Waals surface area contributed by atoms with E-state index in [2.05, 4.69) is 15.4 Å². The summed E-state index contributed by atoms with van der Waals surface area (Å²) in [5.41, 5.74) is 2.39. The summed E-state index contributed by atoms with van der Waals surface area (Å²) < 4.78 is 33.6. The van der Waals surface area contributed by atoms with Gasteiger partial charge in [-0.25, -0.2) is 18.3 Å². The van der Waals surface area contributed by atoms with E-state index in [1.165, 1.54) is 31.2 Å². The second-order valence-electron chi connectivity index (χ2n) is 8.15. The van der Waals surface area contributed by atoms with Crippen molar-refractivity contribution in [3.63, 3.8) is 0 Å². The largest absolute Gasteiger partial charge is 0.457 e. The Morgan fingerprint density at radius 3 is 2.54 bits per heavy atom. The van der Waals surface area contributed by atoms with Gasteiger partial charge in [0.25, 0.3) is 18.0 Å². The van der Waals surface area contributed by atoms with E-state index in [4.69, 9.17) is 4.74 Å². The van der Waals surface area contributed by atoms with Crippen molar-refractivity contribution in [2.24, 2.45) is 0 Å². The number of aryl methyl sites for hydroxylation is 3. The smallest absolute Gasteiger partial charge is 0.280 e. The summed E-state index contributed by atoms with van der Waals surface area (Å²) >= 11 is 0. The minimum atomic E-state index is -2.82. The molecule has 0 spiro atoms. The molecule has 180 valence electrons. The molecule has 4 rings (SSSR count). The molecule has 0 radical (unpaired) electrons. The van der Waals surface area contributed by atoms with Crippen molar-refractivity contribution in [1.29, 1.82) is 0 Å². The number of nitrogens with one attached hydrogen (secondary N) is 1. The number of non-ortho nitro benzene ring substituents is 1. The Bertz CT molecular complexity index is 1480. The van der Waals surface area contributed by atoms with E-state index in [0.29, 0.717) is 5.75 Å². The van der Waals surface area contributed by atoms with Crippen molar-refractivity contribution in [2.45, 2.75) is 34.1 Å². The van der Waals surface area contributed by atoms with E-state index in [-0.39, 0.29) is 34.0 Å². The highest BCUT2D eigenvalue weighted by atomic mass is 19.3. The lowest BCUT2D eigenvalue weighted by Crippen LogP contribution is -2.13. The van der Waals surface area contributed by atoms with Crippen molar-refractivity contribution in [2.75, 3.05) is 5.32 Å². The molecule has 1 amide bonds. The van der Waals surface area contributed by atoms with Crippen LogP contribution >= 0.6 is 0 Å². The normalized spacial score (nSPS) is 11.2. The van der Waals surface area contributed by atoms with Crippen LogP contribution in [-0.4, -0.2) is 25.4 Å². The number of rotatable bonds is 6. The van der Waals surface area contributed by atoms with Gasteiger partial charge in [0.1, 0.15) is 22.8 Å². The van der Waals surface area contributed by atoms with Crippen LogP contribution in [-0.2, 0) is 0 Å². The number of amides is 1. The molecule has 0 aliphatic heterocycles. The number of hydrogen-bond acceptors (Lipinski definition) is 6. The van der Waals surface area contributed by atoms with Crippen molar-refractivity contribution >= 4 is 22.9 Å². The van der Waals surface area contributed by atoms with Gasteiger partial charge < -0.3 is 10.1 Å². The van der Waals surface area contributed by atoms with Crippen LogP contribution in [0.1, 0.15) is 44.9 Å². The van der Waals surface area contributed by atoms with Crippen LogP contribution in [0.4, 0.5) is 20.2 Å². The highest BCUT2D eigenvalue weighted by molar-refractivity contribution is 6.08. The van der Waals surface area contributed by atoms with Gasteiger partial charge in [0.15, 0.2) is 5.65 Å². The summed E-state index contributed by atoms with van der Waals surface area (Å²) in [6, 6.07) is 8.86. The zero-order valence-electron chi connectivity index (χ0n) is 19.3. The van der Waals surface area contributed by atoms with Crippen molar-refractivity contribution in [3.05, 3.63) is 86.4 Å². The highest BCUT2D eigenvalue weighted by Crippen LogP contribution is 2.33. The number of carbonyl (C=O) groups is 1. The molecular weight excluding hydrogens is 460 g/mol. The molecule has 11 heteroatoms. The van der Waals surface area contributed by atoms with Crippen LogP contribution < -0.4 is 10.1 Å². The standard InChI is InChI=1S/C24H21F2N5O4/c1-12-5-13(2)15(4)21(6-12)35-18-9-16(8-17(10-18)31(33)34)29-24(32)19-11-27-30-20(22(25)26)7-14(3)28-23(19)30/h5-11,22H,1-4H3,(H,29,32). The second-order valence-corrected chi connectivity index (χ2v) is 8.15. The van der Waals surface area contributed by atoms with Gasteiger partial charge in [0, 0.05) is 17.8 Å². The third-order valence-corrected chi connectivity index (χ3v) is 5.45. The highest BCUT2D eigenvalue weighted by Gasteiger charge is 2.21. The fraction of sp³-hybridized carbons (Fsp3) is 0.208. The first-order valence-corrected chi connectivity index (χ1v) is 10.5. The van der Waals surface area contributed by atoms with Gasteiger partial charge in [-0.15, -0.1) is 0 Å². The Balaban J connectivity index is 1.70. The molecule has 0 aliphatic rings. The number of anilines is 1. The Kier molecular flexibility index (Phi) is 6.16. The van der Waals surface area contributed by atoms with Crippen molar-refractivity contribution in [3.8, 4) is 11.5 Å². The monoisotopic (exact) mass is 481 g/mol. The van der Waals surface area contributed by atoms with Crippen LogP contribution in [0.15, 0.2) is 42.6 Å². The molecule has 0 unspecified atom stereocenters. The first-order chi connectivity index (χ1) is 16.5. The summed E-state index contributed by atoms with van der Waals surface area (Å²) in [7, 11) is 0. The van der Waals surface area contributed by atoms with Crippen molar-refractivity contribution < 1.29 is 23.2 Å². The number of aromatic nitrogens is 3. The number of benzene rings is 2. The third kappa shape index (κ3) is 4.79. The van der Waals surface area contributed by atoms with E-state index < -0.39 is 22.9 Å². The molecule has 4 aromatic rings. The quantitative estimate of drug-likeness (QED) is 0.273. The Morgan fingerprint density at radius 2 is 1.86 bits per heavy atom. The maximum Gasteiger partial charge on any atom is 0.280 e. The number of ether oxygens (including phenoxy) is 1. The lowest BCUT2D eigenvalue weighted by atomic mass is 10.1. The molecule has 0 bridgehead atoms. The molecule has 0 aliphatic carbocycles. The van der Waals surface area contributed by atoms with Crippen molar-refractivity contribution in [1.82, 2.24) is 14.6 Å². The minimum Gasteiger partial charge on any atom is -0.457 e. The molecule has 0 saturated carbocycles. The number of nitro benzene ring substituents is 1. The average molecular weight is 481 g/mol. The molecule has 2 heterocycles. The zero-order chi connectivity index (χ0) is 25.4. The summed E-state index contributed by atoms with van der Waals surface area (Å²) in [5.74, 6) is -0.0362. The van der Waals surface area contributed by atoms with Gasteiger partial charge >= 0.3 is 0 Å². The first-order valence-electron chi connectivity index (χ1n) is 10.5. The second kappa shape index (κ2) is 9.09. The number of hydrogen-bond donors (Lipinski definition) is 1. The predicted molar refractivity (Wildman–Crippen MR) is 124 cm³/mol. The number of nitrogens with zero attached hydrogens (tertiary/aromatic N) is 4. The third-order valence-electron chi connectivity index (χ3n) is 5.45. The van der Waals surface area contributed by atoms with Gasteiger partial charge in [-0.05, 0) is 56.5 Å². The Hall–Kier alpha value is -4.41. The number of carbonyl (C=O) groups excluding carboxylic acids is 1. The first kappa shape index (κ1) is 23.7. The summed E-state index contributed by atoms with van der Waals surface area (Å²) in [6.07, 6.45) is -1.70. The van der Waals surface area contributed by atoms with Crippen LogP contribution in [0.5, 0.6) is 11.5 Å². The molecule has 9 nitrogen and oxygen atoms in total. The fourth-order valence-electron chi connectivity index (χ4n) is 3.68. The maximum absolute atomic E-state index is 13.4. The van der Waals surface area contributed by atoms with Gasteiger partial charge in [0.2, 0.25) is 0 Å². The summed E-state index contributed by atoms with van der Waals surface area (Å²) in [4.78, 5) is 28.0. The van der Waals surface area contributed by atoms with Gasteiger partial charge in [-0.2, -0.15) is 5.10 Å². The molecular formula is C24H21F2N5O4. The number of fused-ring (bicyclic) bond motifs is 1. The van der Waals surface area contributed by atoms with Crippen LogP contribution in [0.2, 0.25) is 0 Å². The van der Waals surface area contributed by atoms with E-state index in [0.717, 1.165) is 27.4 Å². The van der Waals surface area contributed by atoms with E-state index in [1.54, 1.807) is 0 Å². The van der Waals surface area contributed by atoms with Gasteiger partial charge in [-0.1, -0.05) is 6.07 Å². The Morgan fingerprint density at radius 1 is 1.11 bits per heavy atom. The number of halogens is 2. The summed E-state index contributed by atoms with van der Waals surface area (Å²) in [6.45, 7) is 7.24. The molecule has 0 fully saturated rings. The van der Waals surface area contributed by atoms with Crippen LogP contribution in [0.25, 0.3) is 5.65 Å². The molecule has 35 heavy (non-hydrogen) atoms. The lowest BCUT2D eigenvalue weighted by Gasteiger charge is -2.13. The molecule has 0 saturated heterocycles. The van der Waals surface area contributed by atoms with Crippen LogP contribution in [0.3, 0.4) is 0 Å².